The predicted molar refractivity (Wildman–Crippen MR) is 113 cm³/mol. The number of nitrogens with zero attached hydrogens (tertiary/aromatic N) is 2. The van der Waals surface area contributed by atoms with Crippen LogP contribution in [0.1, 0.15) is 11.3 Å². The Balaban J connectivity index is 2.14. The topological polar surface area (TPSA) is 89.3 Å². The Kier molecular flexibility index (Phi) is 5.00. The van der Waals surface area contributed by atoms with Crippen molar-refractivity contribution >= 4 is 37.6 Å². The first-order valence-corrected chi connectivity index (χ1v) is 11.3. The number of hydrogen-bond donors (Lipinski definition) is 1. The highest BCUT2D eigenvalue weighted by Crippen LogP contribution is 2.41. The fraction of sp³-hybridized carbons (Fsp3) is 0.182. The molecule has 0 aliphatic carbocycles. The van der Waals surface area contributed by atoms with Gasteiger partial charge in [-0.15, -0.1) is 0 Å². The van der Waals surface area contributed by atoms with Gasteiger partial charge in [0.05, 0.1) is 16.0 Å². The molecule has 166 valence electrons. The summed E-state index contributed by atoms with van der Waals surface area (Å²) in [5.41, 5.74) is 0.676. The summed E-state index contributed by atoms with van der Waals surface area (Å²) in [5, 5.41) is 10.0. The Morgan fingerprint density at radius 1 is 1.12 bits per heavy atom. The predicted octanol–water partition coefficient (Wildman–Crippen LogP) is 4.67. The number of fused-ring (bicyclic) bond motifs is 2. The molecule has 2 aromatic heterocycles. The van der Waals surface area contributed by atoms with Crippen molar-refractivity contribution in [3.8, 4) is 11.1 Å². The maximum atomic E-state index is 13.5. The van der Waals surface area contributed by atoms with Gasteiger partial charge in [-0.2, -0.15) is 13.2 Å². The summed E-state index contributed by atoms with van der Waals surface area (Å²) in [5.74, 6) is -1.11. The normalized spacial score (nSPS) is 12.5. The number of aliphatic carboxylic acids is 1. The number of hydrogen-bond acceptors (Lipinski definition) is 4. The van der Waals surface area contributed by atoms with Gasteiger partial charge in [-0.05, 0) is 42.8 Å². The highest BCUT2D eigenvalue weighted by atomic mass is 32.2. The molecule has 0 aliphatic rings. The largest absolute Gasteiger partial charge is 0.480 e. The monoisotopic (exact) mass is 462 g/mol. The molecule has 0 unspecified atom stereocenters. The quantitative estimate of drug-likeness (QED) is 0.476. The third kappa shape index (κ3) is 3.60. The minimum absolute atomic E-state index is 0.0214. The van der Waals surface area contributed by atoms with E-state index < -0.39 is 34.1 Å². The van der Waals surface area contributed by atoms with E-state index in [-0.39, 0.29) is 15.8 Å². The van der Waals surface area contributed by atoms with E-state index in [4.69, 9.17) is 0 Å². The van der Waals surface area contributed by atoms with Gasteiger partial charge < -0.3 is 9.67 Å². The van der Waals surface area contributed by atoms with Gasteiger partial charge in [-0.25, -0.2) is 8.42 Å². The number of sulfone groups is 1. The second-order valence-electron chi connectivity index (χ2n) is 7.45. The van der Waals surface area contributed by atoms with Crippen molar-refractivity contribution in [1.82, 2.24) is 9.55 Å². The summed E-state index contributed by atoms with van der Waals surface area (Å²) in [6.07, 6.45) is -2.31. The maximum Gasteiger partial charge on any atom is 0.418 e. The van der Waals surface area contributed by atoms with Crippen LogP contribution in [0.15, 0.2) is 53.6 Å². The second kappa shape index (κ2) is 7.33. The molecule has 2 aromatic carbocycles. The number of para-hydroxylation sites is 1. The zero-order valence-corrected chi connectivity index (χ0v) is 17.8. The summed E-state index contributed by atoms with van der Waals surface area (Å²) < 4.78 is 66.4. The average Bonchev–Trinajstić information content (AvgIpc) is 2.96. The molecular weight excluding hydrogens is 445 g/mol. The first kappa shape index (κ1) is 21.8. The third-order valence-electron chi connectivity index (χ3n) is 5.36. The lowest BCUT2D eigenvalue weighted by molar-refractivity contribution is -0.138. The summed E-state index contributed by atoms with van der Waals surface area (Å²) >= 11 is 0. The lowest BCUT2D eigenvalue weighted by atomic mass is 9.97. The zero-order valence-electron chi connectivity index (χ0n) is 16.9. The molecule has 0 saturated heterocycles. The van der Waals surface area contributed by atoms with Gasteiger partial charge in [0.15, 0.2) is 9.84 Å². The molecule has 6 nitrogen and oxygen atoms in total. The number of halogens is 3. The molecule has 4 rings (SSSR count). The molecule has 4 aromatic rings. The van der Waals surface area contributed by atoms with Crippen molar-refractivity contribution < 1.29 is 31.5 Å². The fourth-order valence-corrected chi connectivity index (χ4v) is 4.64. The van der Waals surface area contributed by atoms with Crippen molar-refractivity contribution in [1.29, 1.82) is 0 Å². The van der Waals surface area contributed by atoms with Crippen LogP contribution in [0.5, 0.6) is 0 Å². The Labute approximate surface area is 180 Å². The van der Waals surface area contributed by atoms with Crippen LogP contribution < -0.4 is 0 Å². The number of alkyl halides is 3. The van der Waals surface area contributed by atoms with Crippen LogP contribution in [-0.2, 0) is 27.4 Å². The van der Waals surface area contributed by atoms with Crippen molar-refractivity contribution in [2.45, 2.75) is 24.5 Å². The molecule has 1 N–H and O–H groups in total. The molecule has 0 fully saturated rings. The molecule has 0 bridgehead atoms. The number of carboxylic acid groups (broad SMARTS) is 1. The van der Waals surface area contributed by atoms with E-state index in [0.717, 1.165) is 12.3 Å². The van der Waals surface area contributed by atoms with E-state index in [2.05, 4.69) is 4.98 Å². The molecule has 0 aliphatic heterocycles. The minimum atomic E-state index is -4.61. The number of benzene rings is 2. The summed E-state index contributed by atoms with van der Waals surface area (Å²) in [6, 6.07) is 9.59. The van der Waals surface area contributed by atoms with Crippen molar-refractivity contribution in [2.75, 3.05) is 6.26 Å². The van der Waals surface area contributed by atoms with E-state index in [1.807, 2.05) is 0 Å². The highest BCUT2D eigenvalue weighted by molar-refractivity contribution is 7.90. The number of pyridine rings is 1. The molecule has 0 spiro atoms. The molecule has 0 radical (unpaired) electrons. The van der Waals surface area contributed by atoms with Crippen LogP contribution in [-0.4, -0.2) is 35.3 Å². The van der Waals surface area contributed by atoms with Crippen LogP contribution in [0.3, 0.4) is 0 Å². The number of carbonyl (C=O) groups is 1. The van der Waals surface area contributed by atoms with E-state index in [1.54, 1.807) is 13.0 Å². The van der Waals surface area contributed by atoms with Crippen LogP contribution in [0, 0.1) is 6.92 Å². The molecule has 32 heavy (non-hydrogen) atoms. The highest BCUT2D eigenvalue weighted by Gasteiger charge is 2.33. The minimum Gasteiger partial charge on any atom is -0.480 e. The van der Waals surface area contributed by atoms with E-state index in [1.165, 1.54) is 41.1 Å². The summed E-state index contributed by atoms with van der Waals surface area (Å²) in [6.45, 7) is 1.26. The molecule has 0 amide bonds. The van der Waals surface area contributed by atoms with Gasteiger partial charge in [0, 0.05) is 40.0 Å². The van der Waals surface area contributed by atoms with Gasteiger partial charge >= 0.3 is 12.1 Å². The summed E-state index contributed by atoms with van der Waals surface area (Å²) in [7, 11) is -3.58. The number of aromatic nitrogens is 2. The maximum absolute atomic E-state index is 13.5. The lowest BCUT2D eigenvalue weighted by Crippen LogP contribution is -2.10. The average molecular weight is 462 g/mol. The Morgan fingerprint density at radius 3 is 2.47 bits per heavy atom. The lowest BCUT2D eigenvalue weighted by Gasteiger charge is -2.13. The standard InChI is InChI=1S/C22H17F3N2O4S/c1-12-20(14-8-9-26-21-15(14)4-3-5-17(21)22(23,24)25)16-10-13(32(2,30)31)6-7-18(16)27(12)11-19(28)29/h3-10H,11H2,1-2H3,(H,28,29). The van der Waals surface area contributed by atoms with Crippen LogP contribution >= 0.6 is 0 Å². The number of carboxylic acids is 1. The summed E-state index contributed by atoms with van der Waals surface area (Å²) in [4.78, 5) is 15.4. The Morgan fingerprint density at radius 2 is 1.84 bits per heavy atom. The van der Waals surface area contributed by atoms with Crippen molar-refractivity contribution in [2.24, 2.45) is 0 Å². The van der Waals surface area contributed by atoms with E-state index in [0.29, 0.717) is 27.7 Å². The molecule has 10 heteroatoms. The van der Waals surface area contributed by atoms with Gasteiger partial charge in [-0.1, -0.05) is 12.1 Å². The first-order chi connectivity index (χ1) is 14.9. The van der Waals surface area contributed by atoms with Crippen LogP contribution in [0.4, 0.5) is 13.2 Å². The fourth-order valence-electron chi connectivity index (χ4n) is 3.99. The zero-order chi connectivity index (χ0) is 23.4. The van der Waals surface area contributed by atoms with Crippen LogP contribution in [0.25, 0.3) is 32.9 Å². The van der Waals surface area contributed by atoms with Crippen molar-refractivity contribution in [3.05, 3.63) is 59.9 Å². The van der Waals surface area contributed by atoms with Crippen LogP contribution in [0.2, 0.25) is 0 Å². The molecule has 0 atom stereocenters. The Hall–Kier alpha value is -3.40. The molecule has 0 saturated carbocycles. The molecule has 2 heterocycles. The second-order valence-corrected chi connectivity index (χ2v) is 9.47. The van der Waals surface area contributed by atoms with Gasteiger partial charge in [0.1, 0.15) is 6.54 Å². The van der Waals surface area contributed by atoms with Gasteiger partial charge in [0.25, 0.3) is 0 Å². The first-order valence-electron chi connectivity index (χ1n) is 9.39. The van der Waals surface area contributed by atoms with E-state index >= 15 is 0 Å². The number of rotatable bonds is 4. The third-order valence-corrected chi connectivity index (χ3v) is 6.47. The Bertz CT molecular complexity index is 1510. The van der Waals surface area contributed by atoms with Gasteiger partial charge in [-0.3, -0.25) is 9.78 Å². The van der Waals surface area contributed by atoms with Gasteiger partial charge in [0.2, 0.25) is 0 Å². The molecular formula is C22H17F3N2O4S. The van der Waals surface area contributed by atoms with Crippen molar-refractivity contribution in [3.63, 3.8) is 0 Å². The van der Waals surface area contributed by atoms with E-state index in [9.17, 15) is 31.5 Å². The smallest absolute Gasteiger partial charge is 0.418 e. The SMILES string of the molecule is Cc1c(-c2ccnc3c(C(F)(F)F)cccc23)c2cc(S(C)(=O)=O)ccc2n1CC(=O)O.